The monoisotopic (exact) mass is 443 g/mol. The fourth-order valence-corrected chi connectivity index (χ4v) is 4.50. The maximum absolute atomic E-state index is 12.8. The van der Waals surface area contributed by atoms with Gasteiger partial charge in [0.15, 0.2) is 0 Å². The number of carbonyl (C=O) groups is 1. The number of hydrogen-bond donors (Lipinski definition) is 1. The summed E-state index contributed by atoms with van der Waals surface area (Å²) in [6.07, 6.45) is 4.12. The van der Waals surface area contributed by atoms with Crippen LogP contribution >= 0.6 is 11.6 Å². The molecule has 2 heterocycles. The molecular weight excluding hydrogens is 414 g/mol. The third-order valence-corrected chi connectivity index (χ3v) is 6.34. The molecule has 0 aliphatic heterocycles. The van der Waals surface area contributed by atoms with E-state index in [1.807, 2.05) is 35.9 Å². The Balaban J connectivity index is 1.51. The maximum Gasteiger partial charge on any atom is 0.272 e. The van der Waals surface area contributed by atoms with E-state index in [-0.39, 0.29) is 11.9 Å². The van der Waals surface area contributed by atoms with Crippen molar-refractivity contribution in [1.82, 2.24) is 15.1 Å². The summed E-state index contributed by atoms with van der Waals surface area (Å²) in [4.78, 5) is 12.8. The summed E-state index contributed by atoms with van der Waals surface area (Å²) >= 11 is 6.36. The van der Waals surface area contributed by atoms with Gasteiger partial charge in [-0.2, -0.15) is 5.10 Å². The van der Waals surface area contributed by atoms with Gasteiger partial charge in [-0.15, -0.1) is 0 Å². The number of ether oxygens (including phenoxy) is 1. The lowest BCUT2D eigenvalue weighted by atomic mass is 9.93. The first-order valence-corrected chi connectivity index (χ1v) is 11.3. The standard InChI is InChI=1S/C24H30ClN3O3/c1-14(2)22-12-16-10-18(25)11-17(23(16)31-22)13-28-15(3)9-21(27-28)24(29)26-19-5-7-20(30-4)8-6-19/h9-12,14,19-20H,5-8,13H2,1-4H3,(H,26,29). The molecule has 1 saturated carbocycles. The van der Waals surface area contributed by atoms with Gasteiger partial charge < -0.3 is 14.5 Å². The molecule has 0 radical (unpaired) electrons. The van der Waals surface area contributed by atoms with Crippen LogP contribution in [-0.2, 0) is 11.3 Å². The van der Waals surface area contributed by atoms with Crippen LogP contribution in [0, 0.1) is 6.92 Å². The van der Waals surface area contributed by atoms with Crippen molar-refractivity contribution in [3.8, 4) is 0 Å². The van der Waals surface area contributed by atoms with Crippen LogP contribution in [0.2, 0.25) is 5.02 Å². The number of aryl methyl sites for hydroxylation is 1. The first-order chi connectivity index (χ1) is 14.8. The second-order valence-electron chi connectivity index (χ2n) is 8.80. The zero-order valence-corrected chi connectivity index (χ0v) is 19.3. The molecule has 0 unspecified atom stereocenters. The molecule has 0 saturated heterocycles. The first-order valence-electron chi connectivity index (χ1n) is 10.9. The van der Waals surface area contributed by atoms with Gasteiger partial charge in [-0.25, -0.2) is 0 Å². The van der Waals surface area contributed by atoms with E-state index in [1.165, 1.54) is 0 Å². The number of carbonyl (C=O) groups excluding carboxylic acids is 1. The minimum absolute atomic E-state index is 0.126. The van der Waals surface area contributed by atoms with Crippen LogP contribution < -0.4 is 5.32 Å². The molecule has 1 aliphatic rings. The van der Waals surface area contributed by atoms with E-state index < -0.39 is 0 Å². The highest BCUT2D eigenvalue weighted by molar-refractivity contribution is 6.31. The van der Waals surface area contributed by atoms with Gasteiger partial charge in [0.05, 0.1) is 12.6 Å². The van der Waals surface area contributed by atoms with Crippen molar-refractivity contribution in [2.24, 2.45) is 0 Å². The predicted octanol–water partition coefficient (Wildman–Crippen LogP) is 5.45. The van der Waals surface area contributed by atoms with Gasteiger partial charge >= 0.3 is 0 Å². The zero-order chi connectivity index (χ0) is 22.1. The van der Waals surface area contributed by atoms with Gasteiger partial charge in [-0.05, 0) is 56.9 Å². The summed E-state index contributed by atoms with van der Waals surface area (Å²) in [5.74, 6) is 1.10. The Morgan fingerprint density at radius 3 is 2.68 bits per heavy atom. The molecule has 7 heteroatoms. The van der Waals surface area contributed by atoms with E-state index in [4.69, 9.17) is 20.8 Å². The minimum Gasteiger partial charge on any atom is -0.460 e. The number of methoxy groups -OCH3 is 1. The molecule has 1 N–H and O–H groups in total. The SMILES string of the molecule is COC1CCC(NC(=O)c2cc(C)n(Cc3cc(Cl)cc4cc(C(C)C)oc34)n2)CC1. The highest BCUT2D eigenvalue weighted by atomic mass is 35.5. The fourth-order valence-electron chi connectivity index (χ4n) is 4.25. The molecule has 31 heavy (non-hydrogen) atoms. The number of aromatic nitrogens is 2. The molecule has 1 aliphatic carbocycles. The number of amides is 1. The molecule has 166 valence electrons. The topological polar surface area (TPSA) is 69.3 Å². The third-order valence-electron chi connectivity index (χ3n) is 6.12. The minimum atomic E-state index is -0.126. The third kappa shape index (κ3) is 4.80. The summed E-state index contributed by atoms with van der Waals surface area (Å²) in [6, 6.07) is 7.88. The van der Waals surface area contributed by atoms with Gasteiger partial charge in [-0.3, -0.25) is 9.48 Å². The molecule has 3 aromatic rings. The molecule has 1 fully saturated rings. The van der Waals surface area contributed by atoms with Crippen molar-refractivity contribution < 1.29 is 13.9 Å². The fraction of sp³-hybridized carbons (Fsp3) is 0.500. The predicted molar refractivity (Wildman–Crippen MR) is 122 cm³/mol. The number of rotatable bonds is 6. The Morgan fingerprint density at radius 1 is 1.26 bits per heavy atom. The van der Waals surface area contributed by atoms with E-state index in [0.717, 1.165) is 53.7 Å². The van der Waals surface area contributed by atoms with Crippen molar-refractivity contribution in [3.05, 3.63) is 52.0 Å². The molecule has 6 nitrogen and oxygen atoms in total. The van der Waals surface area contributed by atoms with E-state index in [1.54, 1.807) is 7.11 Å². The van der Waals surface area contributed by atoms with Gasteiger partial charge in [-0.1, -0.05) is 25.4 Å². The highest BCUT2D eigenvalue weighted by Crippen LogP contribution is 2.31. The van der Waals surface area contributed by atoms with Crippen LogP contribution in [0.5, 0.6) is 0 Å². The number of benzene rings is 1. The molecule has 0 bridgehead atoms. The number of nitrogens with one attached hydrogen (secondary N) is 1. The number of fused-ring (bicyclic) bond motifs is 1. The van der Waals surface area contributed by atoms with Crippen molar-refractivity contribution in [2.75, 3.05) is 7.11 Å². The smallest absolute Gasteiger partial charge is 0.272 e. The van der Waals surface area contributed by atoms with Crippen LogP contribution in [-0.4, -0.2) is 34.9 Å². The largest absolute Gasteiger partial charge is 0.460 e. The first kappa shape index (κ1) is 21.9. The Bertz CT molecular complexity index is 1080. The molecule has 0 spiro atoms. The second-order valence-corrected chi connectivity index (χ2v) is 9.23. The van der Waals surface area contributed by atoms with Crippen LogP contribution in [0.25, 0.3) is 11.0 Å². The Hall–Kier alpha value is -2.31. The molecule has 1 amide bonds. The van der Waals surface area contributed by atoms with E-state index >= 15 is 0 Å². The Kier molecular flexibility index (Phi) is 6.39. The average Bonchev–Trinajstić information content (AvgIpc) is 3.32. The summed E-state index contributed by atoms with van der Waals surface area (Å²) < 4.78 is 13.4. The quantitative estimate of drug-likeness (QED) is 0.550. The van der Waals surface area contributed by atoms with Gasteiger partial charge in [0.2, 0.25) is 0 Å². The Labute approximate surface area is 187 Å². The lowest BCUT2D eigenvalue weighted by Gasteiger charge is -2.27. The van der Waals surface area contributed by atoms with Gasteiger partial charge in [0.1, 0.15) is 17.0 Å². The molecule has 1 aromatic carbocycles. The number of nitrogens with zero attached hydrogens (tertiary/aromatic N) is 2. The van der Waals surface area contributed by atoms with E-state index in [9.17, 15) is 4.79 Å². The number of furan rings is 1. The molecule has 2 aromatic heterocycles. The average molecular weight is 444 g/mol. The number of hydrogen-bond acceptors (Lipinski definition) is 4. The summed E-state index contributed by atoms with van der Waals surface area (Å²) in [5.41, 5.74) is 3.12. The summed E-state index contributed by atoms with van der Waals surface area (Å²) in [6.45, 7) is 6.64. The zero-order valence-electron chi connectivity index (χ0n) is 18.6. The van der Waals surface area contributed by atoms with E-state index in [2.05, 4.69) is 24.3 Å². The summed E-state index contributed by atoms with van der Waals surface area (Å²) in [7, 11) is 1.75. The molecule has 4 rings (SSSR count). The second kappa shape index (κ2) is 9.05. The van der Waals surface area contributed by atoms with Crippen LogP contribution in [0.3, 0.4) is 0 Å². The van der Waals surface area contributed by atoms with Crippen molar-refractivity contribution in [1.29, 1.82) is 0 Å². The van der Waals surface area contributed by atoms with Crippen molar-refractivity contribution in [2.45, 2.75) is 71.1 Å². The van der Waals surface area contributed by atoms with Crippen LogP contribution in [0.1, 0.15) is 73.0 Å². The number of halogens is 1. The maximum atomic E-state index is 12.8. The van der Waals surface area contributed by atoms with E-state index in [0.29, 0.717) is 29.3 Å². The van der Waals surface area contributed by atoms with Gasteiger partial charge in [0.25, 0.3) is 5.91 Å². The normalized spacial score (nSPS) is 19.3. The lowest BCUT2D eigenvalue weighted by molar-refractivity contribution is 0.0598. The summed E-state index contributed by atoms with van der Waals surface area (Å²) in [5, 5.41) is 9.35. The van der Waals surface area contributed by atoms with Crippen molar-refractivity contribution >= 4 is 28.5 Å². The molecule has 0 atom stereocenters. The van der Waals surface area contributed by atoms with Crippen LogP contribution in [0.15, 0.2) is 28.7 Å². The Morgan fingerprint density at radius 2 is 2.00 bits per heavy atom. The molecular formula is C24H30ClN3O3. The van der Waals surface area contributed by atoms with Crippen LogP contribution in [0.4, 0.5) is 0 Å². The van der Waals surface area contributed by atoms with Crippen molar-refractivity contribution in [3.63, 3.8) is 0 Å². The van der Waals surface area contributed by atoms with Gasteiger partial charge in [0, 0.05) is 40.7 Å². The highest BCUT2D eigenvalue weighted by Gasteiger charge is 2.24. The lowest BCUT2D eigenvalue weighted by Crippen LogP contribution is -2.39.